The van der Waals surface area contributed by atoms with Crippen molar-refractivity contribution in [1.29, 1.82) is 0 Å². The van der Waals surface area contributed by atoms with E-state index >= 15 is 0 Å². The minimum atomic E-state index is -4.95. The predicted octanol–water partition coefficient (Wildman–Crippen LogP) is 19.4. The lowest BCUT2D eigenvalue weighted by molar-refractivity contribution is -0.161. The van der Waals surface area contributed by atoms with Crippen LogP contribution in [0.2, 0.25) is 0 Å². The van der Waals surface area contributed by atoms with Gasteiger partial charge in [-0.15, -0.1) is 0 Å². The molecule has 0 rings (SSSR count). The first kappa shape index (κ1) is 85.1. The summed E-state index contributed by atoms with van der Waals surface area (Å²) in [7, 11) is -9.88. The Morgan fingerprint density at radius 2 is 0.552 bits per heavy atom. The highest BCUT2D eigenvalue weighted by molar-refractivity contribution is 7.47. The molecular formula is C68H132O17P2. The summed E-state index contributed by atoms with van der Waals surface area (Å²) in [6, 6.07) is 0. The number of rotatable bonds is 68. The van der Waals surface area contributed by atoms with Gasteiger partial charge in [0.2, 0.25) is 0 Å². The average molecular weight is 1280 g/mol. The summed E-state index contributed by atoms with van der Waals surface area (Å²) in [5.41, 5.74) is 0. The maximum atomic E-state index is 13.0. The highest BCUT2D eigenvalue weighted by atomic mass is 31.2. The fourth-order valence-corrected chi connectivity index (χ4v) is 11.8. The van der Waals surface area contributed by atoms with E-state index in [0.29, 0.717) is 25.7 Å². The van der Waals surface area contributed by atoms with Crippen molar-refractivity contribution in [3.63, 3.8) is 0 Å². The van der Waals surface area contributed by atoms with Gasteiger partial charge in [0.25, 0.3) is 0 Å². The van der Waals surface area contributed by atoms with Crippen molar-refractivity contribution in [2.24, 2.45) is 5.92 Å². The minimum absolute atomic E-state index is 0.105. The number of ether oxygens (including phenoxy) is 4. The molecule has 3 N–H and O–H groups in total. The van der Waals surface area contributed by atoms with E-state index in [1.807, 2.05) is 0 Å². The molecule has 0 saturated heterocycles. The van der Waals surface area contributed by atoms with E-state index in [2.05, 4.69) is 34.6 Å². The summed E-state index contributed by atoms with van der Waals surface area (Å²) in [5.74, 6) is -1.40. The SMILES string of the molecule is CCCCCCCCCCCCCCCCCCCCCCCC(=O)O[C@H](COC(=O)CCCCCCCCC(C)CC)COP(=O)(O)OC[C@@H](O)COP(=O)(O)OC[C@@H](COC(=O)CCCCCCCCCC)OC(=O)CCCCCCCCCC. The summed E-state index contributed by atoms with van der Waals surface area (Å²) in [6.07, 6.45) is 47.6. The van der Waals surface area contributed by atoms with Crippen LogP contribution in [-0.2, 0) is 65.4 Å². The third kappa shape index (κ3) is 61.3. The zero-order valence-electron chi connectivity index (χ0n) is 56.2. The molecule has 0 amide bonds. The first-order valence-electron chi connectivity index (χ1n) is 35.7. The van der Waals surface area contributed by atoms with E-state index in [9.17, 15) is 43.2 Å². The van der Waals surface area contributed by atoms with Gasteiger partial charge in [0.15, 0.2) is 12.2 Å². The Labute approximate surface area is 530 Å². The molecule has 0 aromatic carbocycles. The van der Waals surface area contributed by atoms with Crippen molar-refractivity contribution in [1.82, 2.24) is 0 Å². The number of unbranched alkanes of at least 4 members (excludes halogenated alkanes) is 39. The van der Waals surface area contributed by atoms with E-state index in [0.717, 1.165) is 115 Å². The van der Waals surface area contributed by atoms with Gasteiger partial charge < -0.3 is 33.8 Å². The molecule has 0 aliphatic heterocycles. The Morgan fingerprint density at radius 1 is 0.322 bits per heavy atom. The van der Waals surface area contributed by atoms with Crippen LogP contribution in [0.5, 0.6) is 0 Å². The molecule has 3 unspecified atom stereocenters. The van der Waals surface area contributed by atoms with Crippen molar-refractivity contribution in [3.05, 3.63) is 0 Å². The molecule has 0 saturated carbocycles. The number of aliphatic hydroxyl groups is 1. The standard InChI is InChI=1S/C68H132O17P2/c1-6-10-13-16-19-22-23-24-25-26-27-28-29-30-31-32-33-34-37-44-49-54-68(73)85-64(58-79-66(71)52-47-42-39-38-40-45-50-61(5)9-4)60-83-87(76,77)81-56-62(69)55-80-86(74,75)82-59-63(84-67(72)53-48-43-36-21-18-15-12-8-3)57-78-65(70)51-46-41-35-20-17-14-11-7-2/h61-64,69H,6-60H2,1-5H3,(H,74,75)(H,76,77)/t61?,62-,63+,64+/m0/s1. The fraction of sp³-hybridized carbons (Fsp3) is 0.941. The molecule has 0 fully saturated rings. The molecule has 0 aromatic rings. The zero-order chi connectivity index (χ0) is 64.2. The van der Waals surface area contributed by atoms with Crippen molar-refractivity contribution in [3.8, 4) is 0 Å². The van der Waals surface area contributed by atoms with Gasteiger partial charge in [-0.3, -0.25) is 37.3 Å². The average Bonchev–Trinajstić information content (AvgIpc) is 3.69. The maximum Gasteiger partial charge on any atom is 0.472 e. The Balaban J connectivity index is 5.10. The quantitative estimate of drug-likeness (QED) is 0.0222. The van der Waals surface area contributed by atoms with Crippen molar-refractivity contribution < 1.29 is 80.2 Å². The molecule has 19 heteroatoms. The van der Waals surface area contributed by atoms with Gasteiger partial charge in [-0.05, 0) is 31.6 Å². The minimum Gasteiger partial charge on any atom is -0.462 e. The van der Waals surface area contributed by atoms with Gasteiger partial charge >= 0.3 is 39.5 Å². The van der Waals surface area contributed by atoms with Crippen LogP contribution in [0.25, 0.3) is 0 Å². The summed E-state index contributed by atoms with van der Waals surface area (Å²) in [5, 5.41) is 10.5. The first-order chi connectivity index (χ1) is 42.1. The molecule has 0 aliphatic carbocycles. The number of esters is 4. The number of carbonyl (C=O) groups excluding carboxylic acids is 4. The number of phosphoric ester groups is 2. The molecule has 0 aliphatic rings. The molecule has 17 nitrogen and oxygen atoms in total. The third-order valence-corrected chi connectivity index (χ3v) is 18.0. The molecule has 0 heterocycles. The molecule has 87 heavy (non-hydrogen) atoms. The van der Waals surface area contributed by atoms with Crippen LogP contribution >= 0.6 is 15.6 Å². The monoisotopic (exact) mass is 1280 g/mol. The van der Waals surface area contributed by atoms with Gasteiger partial charge in [-0.2, -0.15) is 0 Å². The number of phosphoric acid groups is 2. The smallest absolute Gasteiger partial charge is 0.462 e. The van der Waals surface area contributed by atoms with Gasteiger partial charge in [-0.25, -0.2) is 9.13 Å². The lowest BCUT2D eigenvalue weighted by atomic mass is 10.00. The largest absolute Gasteiger partial charge is 0.472 e. The van der Waals surface area contributed by atoms with Crippen molar-refractivity contribution >= 4 is 39.5 Å². The molecule has 6 atom stereocenters. The van der Waals surface area contributed by atoms with Crippen LogP contribution in [0.4, 0.5) is 0 Å². The molecule has 0 bridgehead atoms. The highest BCUT2D eigenvalue weighted by Crippen LogP contribution is 2.45. The molecule has 0 aromatic heterocycles. The van der Waals surface area contributed by atoms with Crippen LogP contribution in [0.15, 0.2) is 0 Å². The highest BCUT2D eigenvalue weighted by Gasteiger charge is 2.30. The van der Waals surface area contributed by atoms with Crippen LogP contribution < -0.4 is 0 Å². The van der Waals surface area contributed by atoms with Crippen LogP contribution in [0, 0.1) is 5.92 Å². The normalized spacial score (nSPS) is 14.4. The van der Waals surface area contributed by atoms with E-state index in [-0.39, 0.29) is 25.7 Å². The number of hydrogen-bond donors (Lipinski definition) is 3. The summed E-state index contributed by atoms with van der Waals surface area (Å²) < 4.78 is 68.0. The molecular weight excluding hydrogens is 1150 g/mol. The second kappa shape index (κ2) is 61.6. The Morgan fingerprint density at radius 3 is 0.816 bits per heavy atom. The third-order valence-electron chi connectivity index (χ3n) is 16.1. The second-order valence-corrected chi connectivity index (χ2v) is 27.7. The van der Waals surface area contributed by atoms with E-state index < -0.39 is 97.5 Å². The fourth-order valence-electron chi connectivity index (χ4n) is 10.3. The Hall–Kier alpha value is -1.94. The van der Waals surface area contributed by atoms with Crippen LogP contribution in [0.1, 0.15) is 349 Å². The van der Waals surface area contributed by atoms with Crippen molar-refractivity contribution in [2.45, 2.75) is 368 Å². The molecule has 0 radical (unpaired) electrons. The summed E-state index contributed by atoms with van der Waals surface area (Å²) >= 11 is 0. The predicted molar refractivity (Wildman–Crippen MR) is 349 cm³/mol. The summed E-state index contributed by atoms with van der Waals surface area (Å²) in [4.78, 5) is 72.2. The summed E-state index contributed by atoms with van der Waals surface area (Å²) in [6.45, 7) is 7.13. The number of carbonyl (C=O) groups is 4. The van der Waals surface area contributed by atoms with E-state index in [1.54, 1.807) is 0 Å². The van der Waals surface area contributed by atoms with Crippen LogP contribution in [0.3, 0.4) is 0 Å². The lowest BCUT2D eigenvalue weighted by Gasteiger charge is -2.21. The number of aliphatic hydroxyl groups excluding tert-OH is 1. The molecule has 0 spiro atoms. The Kier molecular flexibility index (Phi) is 60.2. The Bertz CT molecular complexity index is 1690. The second-order valence-electron chi connectivity index (χ2n) is 24.8. The van der Waals surface area contributed by atoms with E-state index in [4.69, 9.17) is 37.0 Å². The number of hydrogen-bond acceptors (Lipinski definition) is 15. The van der Waals surface area contributed by atoms with Gasteiger partial charge in [0.05, 0.1) is 26.4 Å². The zero-order valence-corrected chi connectivity index (χ0v) is 57.9. The van der Waals surface area contributed by atoms with Crippen LogP contribution in [-0.4, -0.2) is 96.7 Å². The van der Waals surface area contributed by atoms with Crippen molar-refractivity contribution in [2.75, 3.05) is 39.6 Å². The topological polar surface area (TPSA) is 237 Å². The lowest BCUT2D eigenvalue weighted by Crippen LogP contribution is -2.30. The van der Waals surface area contributed by atoms with Gasteiger partial charge in [-0.1, -0.05) is 298 Å². The first-order valence-corrected chi connectivity index (χ1v) is 38.7. The molecule has 516 valence electrons. The van der Waals surface area contributed by atoms with Gasteiger partial charge in [0.1, 0.15) is 19.3 Å². The van der Waals surface area contributed by atoms with Gasteiger partial charge in [0, 0.05) is 25.7 Å². The van der Waals surface area contributed by atoms with E-state index in [1.165, 1.54) is 154 Å². The maximum absolute atomic E-state index is 13.0.